The topological polar surface area (TPSA) is 97.3 Å². The van der Waals surface area contributed by atoms with Gasteiger partial charge in [-0.05, 0) is 51.7 Å². The van der Waals surface area contributed by atoms with Crippen LogP contribution in [0, 0.1) is 0 Å². The predicted molar refractivity (Wildman–Crippen MR) is 106 cm³/mol. The van der Waals surface area contributed by atoms with Crippen molar-refractivity contribution in [3.63, 3.8) is 0 Å². The second-order valence-corrected chi connectivity index (χ2v) is 8.51. The SMILES string of the molecule is CC(C)n1ncc2ccc(-c3nc(C4CCN(C(=O)C5(O)CC5)CC4)no3)cc21. The molecule has 2 aromatic heterocycles. The molecule has 0 bridgehead atoms. The van der Waals surface area contributed by atoms with E-state index in [1.807, 2.05) is 29.1 Å². The maximum absolute atomic E-state index is 12.3. The van der Waals surface area contributed by atoms with Crippen molar-refractivity contribution in [2.45, 2.75) is 57.1 Å². The van der Waals surface area contributed by atoms with Gasteiger partial charge < -0.3 is 14.5 Å². The second kappa shape index (κ2) is 6.66. The van der Waals surface area contributed by atoms with Gasteiger partial charge in [-0.1, -0.05) is 11.2 Å². The minimum absolute atomic E-state index is 0.125. The van der Waals surface area contributed by atoms with E-state index in [0.717, 1.165) is 29.3 Å². The number of carbonyl (C=O) groups is 1. The Morgan fingerprint density at radius 2 is 2.03 bits per heavy atom. The van der Waals surface area contributed by atoms with Crippen LogP contribution in [0.4, 0.5) is 0 Å². The van der Waals surface area contributed by atoms with Gasteiger partial charge in [0.25, 0.3) is 11.8 Å². The highest BCUT2D eigenvalue weighted by molar-refractivity contribution is 5.88. The fourth-order valence-electron chi connectivity index (χ4n) is 4.07. The molecule has 1 saturated carbocycles. The van der Waals surface area contributed by atoms with E-state index in [0.29, 0.717) is 37.6 Å². The number of fused-ring (bicyclic) bond motifs is 1. The Bertz CT molecular complexity index is 1060. The van der Waals surface area contributed by atoms with Gasteiger partial charge in [0.05, 0.1) is 11.7 Å². The first-order valence-corrected chi connectivity index (χ1v) is 10.3. The molecule has 2 aliphatic rings. The van der Waals surface area contributed by atoms with Crippen molar-refractivity contribution in [1.29, 1.82) is 0 Å². The molecule has 0 spiro atoms. The Kier molecular flexibility index (Phi) is 4.20. The molecule has 152 valence electrons. The highest BCUT2D eigenvalue weighted by atomic mass is 16.5. The van der Waals surface area contributed by atoms with Gasteiger partial charge in [0.2, 0.25) is 0 Å². The quantitative estimate of drug-likeness (QED) is 0.729. The maximum atomic E-state index is 12.3. The van der Waals surface area contributed by atoms with Crippen LogP contribution in [0.25, 0.3) is 22.4 Å². The number of aromatic nitrogens is 4. The minimum Gasteiger partial charge on any atom is -0.380 e. The molecule has 29 heavy (non-hydrogen) atoms. The molecule has 3 heterocycles. The predicted octanol–water partition coefficient (Wildman–Crippen LogP) is 2.90. The monoisotopic (exact) mass is 395 g/mol. The lowest BCUT2D eigenvalue weighted by Gasteiger charge is -2.32. The maximum Gasteiger partial charge on any atom is 0.258 e. The number of nitrogens with zero attached hydrogens (tertiary/aromatic N) is 5. The molecule has 1 aliphatic carbocycles. The molecule has 8 heteroatoms. The first kappa shape index (κ1) is 18.3. The zero-order chi connectivity index (χ0) is 20.2. The second-order valence-electron chi connectivity index (χ2n) is 8.51. The van der Waals surface area contributed by atoms with Crippen LogP contribution in [-0.4, -0.2) is 54.5 Å². The van der Waals surface area contributed by atoms with Crippen molar-refractivity contribution in [3.8, 4) is 11.5 Å². The number of rotatable bonds is 4. The molecule has 0 atom stereocenters. The fraction of sp³-hybridized carbons (Fsp3) is 0.524. The Morgan fingerprint density at radius 3 is 2.72 bits per heavy atom. The number of amides is 1. The Labute approximate surface area is 168 Å². The number of carbonyl (C=O) groups excluding carboxylic acids is 1. The van der Waals surface area contributed by atoms with E-state index in [4.69, 9.17) is 4.52 Å². The van der Waals surface area contributed by atoms with E-state index in [2.05, 4.69) is 29.1 Å². The molecule has 0 unspecified atom stereocenters. The van der Waals surface area contributed by atoms with Gasteiger partial charge >= 0.3 is 0 Å². The molecule has 1 aliphatic heterocycles. The normalized spacial score (nSPS) is 19.2. The lowest BCUT2D eigenvalue weighted by atomic mass is 9.95. The molecule has 1 saturated heterocycles. The summed E-state index contributed by atoms with van der Waals surface area (Å²) in [5.74, 6) is 1.23. The lowest BCUT2D eigenvalue weighted by Crippen LogP contribution is -2.44. The van der Waals surface area contributed by atoms with Gasteiger partial charge in [-0.25, -0.2) is 0 Å². The third-order valence-electron chi connectivity index (χ3n) is 6.05. The molecule has 1 aromatic carbocycles. The molecule has 3 aromatic rings. The number of aliphatic hydroxyl groups is 1. The Balaban J connectivity index is 1.32. The highest BCUT2D eigenvalue weighted by Gasteiger charge is 2.50. The van der Waals surface area contributed by atoms with Crippen molar-refractivity contribution >= 4 is 16.8 Å². The van der Waals surface area contributed by atoms with E-state index >= 15 is 0 Å². The molecular formula is C21H25N5O3. The summed E-state index contributed by atoms with van der Waals surface area (Å²) in [7, 11) is 0. The summed E-state index contributed by atoms with van der Waals surface area (Å²) in [6, 6.07) is 6.30. The van der Waals surface area contributed by atoms with Crippen molar-refractivity contribution in [2.75, 3.05) is 13.1 Å². The van der Waals surface area contributed by atoms with Crippen LogP contribution >= 0.6 is 0 Å². The Morgan fingerprint density at radius 1 is 1.28 bits per heavy atom. The highest BCUT2D eigenvalue weighted by Crippen LogP contribution is 2.38. The smallest absolute Gasteiger partial charge is 0.258 e. The summed E-state index contributed by atoms with van der Waals surface area (Å²) in [4.78, 5) is 18.7. The number of hydrogen-bond donors (Lipinski definition) is 1. The number of piperidine rings is 1. The largest absolute Gasteiger partial charge is 0.380 e. The van der Waals surface area contributed by atoms with Crippen LogP contribution < -0.4 is 0 Å². The standard InChI is InChI=1S/C21H25N5O3/c1-13(2)26-17-11-15(3-4-16(17)12-22-26)19-23-18(24-29-19)14-5-9-25(10-6-14)20(27)21(28)7-8-21/h3-4,11-14,28H,5-10H2,1-2H3. The van der Waals surface area contributed by atoms with E-state index in [-0.39, 0.29) is 17.9 Å². The van der Waals surface area contributed by atoms with Gasteiger partial charge in [-0.2, -0.15) is 10.1 Å². The van der Waals surface area contributed by atoms with Crippen LogP contribution in [0.5, 0.6) is 0 Å². The number of likely N-dealkylation sites (tertiary alicyclic amines) is 1. The average Bonchev–Trinajstić information content (AvgIpc) is 3.15. The summed E-state index contributed by atoms with van der Waals surface area (Å²) in [5.41, 5.74) is 0.831. The van der Waals surface area contributed by atoms with Gasteiger partial charge in [-0.15, -0.1) is 0 Å². The van der Waals surface area contributed by atoms with Crippen LogP contribution in [-0.2, 0) is 4.79 Å². The van der Waals surface area contributed by atoms with Crippen LogP contribution in [0.15, 0.2) is 28.9 Å². The third kappa shape index (κ3) is 3.21. The third-order valence-corrected chi connectivity index (χ3v) is 6.05. The Hall–Kier alpha value is -2.74. The van der Waals surface area contributed by atoms with Gasteiger partial charge in [0.15, 0.2) is 5.82 Å². The summed E-state index contributed by atoms with van der Waals surface area (Å²) in [5, 5.41) is 19.8. The van der Waals surface area contributed by atoms with Crippen LogP contribution in [0.1, 0.15) is 57.3 Å². The minimum atomic E-state index is -1.09. The van der Waals surface area contributed by atoms with Crippen molar-refractivity contribution in [2.24, 2.45) is 0 Å². The van der Waals surface area contributed by atoms with Gasteiger partial charge in [0, 0.05) is 36.0 Å². The van der Waals surface area contributed by atoms with E-state index < -0.39 is 5.60 Å². The van der Waals surface area contributed by atoms with E-state index in [1.54, 1.807) is 4.90 Å². The average molecular weight is 395 g/mol. The molecule has 8 nitrogen and oxygen atoms in total. The first-order valence-electron chi connectivity index (χ1n) is 10.3. The van der Waals surface area contributed by atoms with Crippen LogP contribution in [0.2, 0.25) is 0 Å². The van der Waals surface area contributed by atoms with Gasteiger partial charge in [-0.3, -0.25) is 9.48 Å². The zero-order valence-electron chi connectivity index (χ0n) is 16.7. The molecule has 2 fully saturated rings. The van der Waals surface area contributed by atoms with Gasteiger partial charge in [0.1, 0.15) is 5.60 Å². The summed E-state index contributed by atoms with van der Waals surface area (Å²) < 4.78 is 7.54. The lowest BCUT2D eigenvalue weighted by molar-refractivity contribution is -0.143. The van der Waals surface area contributed by atoms with Crippen LogP contribution in [0.3, 0.4) is 0 Å². The molecule has 1 amide bonds. The van der Waals surface area contributed by atoms with Crippen molar-refractivity contribution in [1.82, 2.24) is 24.8 Å². The first-order chi connectivity index (χ1) is 13.9. The van der Waals surface area contributed by atoms with E-state index in [1.165, 1.54) is 0 Å². The molecule has 0 radical (unpaired) electrons. The van der Waals surface area contributed by atoms with E-state index in [9.17, 15) is 9.90 Å². The molecule has 5 rings (SSSR count). The van der Waals surface area contributed by atoms with Crippen molar-refractivity contribution < 1.29 is 14.4 Å². The number of hydrogen-bond acceptors (Lipinski definition) is 6. The zero-order valence-corrected chi connectivity index (χ0v) is 16.7. The summed E-state index contributed by atoms with van der Waals surface area (Å²) >= 11 is 0. The molecule has 1 N–H and O–H groups in total. The number of benzene rings is 1. The van der Waals surface area contributed by atoms with Crippen molar-refractivity contribution in [3.05, 3.63) is 30.2 Å². The summed E-state index contributed by atoms with van der Waals surface area (Å²) in [6.45, 7) is 5.44. The molecular weight excluding hydrogens is 370 g/mol. The fourth-order valence-corrected chi connectivity index (χ4v) is 4.07. The summed E-state index contributed by atoms with van der Waals surface area (Å²) in [6.07, 6.45) is 4.59.